The molecule has 0 aromatic carbocycles. The molecule has 0 spiro atoms. The molecule has 1 atom stereocenters. The molecule has 0 amide bonds. The average Bonchev–Trinajstić information content (AvgIpc) is 2.08. The molecule has 0 aliphatic rings. The Morgan fingerprint density at radius 2 is 1.45 bits per heavy atom. The minimum Gasteiger partial charge on any atom is -1.00 e. The van der Waals surface area contributed by atoms with Crippen molar-refractivity contribution in [2.75, 3.05) is 0 Å². The molecule has 0 bridgehead atoms. The normalized spacial score (nSPS) is 12.4. The van der Waals surface area contributed by atoms with Crippen molar-refractivity contribution in [2.45, 2.75) is 18.9 Å². The number of carbonyl (C=O) groups is 2. The van der Waals surface area contributed by atoms with Gasteiger partial charge in [0.25, 0.3) is 0 Å². The largest absolute Gasteiger partial charge is 1.00 e. The van der Waals surface area contributed by atoms with Gasteiger partial charge >= 0.3 is 130 Å². The van der Waals surface area contributed by atoms with Crippen LogP contribution in [0.3, 0.4) is 0 Å². The Bertz CT molecular complexity index is 428. The molecule has 0 heterocycles. The molecule has 0 saturated heterocycles. The van der Waals surface area contributed by atoms with Gasteiger partial charge in [-0.05, 0) is 6.42 Å². The molecule has 0 aromatic heterocycles. The maximum absolute atomic E-state index is 10.9. The fraction of sp³-hybridized carbons (Fsp3) is 0.600. The van der Waals surface area contributed by atoms with Gasteiger partial charge < -0.3 is 17.6 Å². The Hall–Kier alpha value is 2.47. The van der Waals surface area contributed by atoms with E-state index in [1.807, 2.05) is 0 Å². The molecule has 110 valence electrons. The minimum absolute atomic E-state index is 0. The van der Waals surface area contributed by atoms with Gasteiger partial charge in [-0.1, -0.05) is 0 Å². The van der Waals surface area contributed by atoms with Gasteiger partial charge in [-0.25, -0.2) is 13.9 Å². The molecule has 0 aliphatic carbocycles. The first-order valence-corrected chi connectivity index (χ1v) is 7.29. The summed E-state index contributed by atoms with van der Waals surface area (Å²) in [5.74, 6) is -2.77. The quantitative estimate of drug-likeness (QED) is 0.215. The Kier molecular flexibility index (Phi) is 16.3. The summed E-state index contributed by atoms with van der Waals surface area (Å²) in [4.78, 5) is 54.8. The van der Waals surface area contributed by atoms with E-state index in [1.165, 1.54) is 0 Å². The van der Waals surface area contributed by atoms with Crippen molar-refractivity contribution < 1.29 is 153 Å². The summed E-state index contributed by atoms with van der Waals surface area (Å²) in [7, 11) is -10.00. The number of carbonyl (C=O) groups excluding carboxylic acids is 2. The first-order chi connectivity index (χ1) is 7.91. The third kappa shape index (κ3) is 16.8. The van der Waals surface area contributed by atoms with Gasteiger partial charge in [-0.2, -0.15) is 0 Å². The summed E-state index contributed by atoms with van der Waals surface area (Å²) in [6, 6.07) is -1.54. The molecule has 0 unspecified atom stereocenters. The zero-order valence-corrected chi connectivity index (χ0v) is 18.7. The fourth-order valence-corrected chi connectivity index (χ4v) is 1.48. The maximum atomic E-state index is 10.9. The van der Waals surface area contributed by atoms with Gasteiger partial charge in [-0.15, -0.1) is 0 Å². The van der Waals surface area contributed by atoms with Crippen molar-refractivity contribution in [2.24, 2.45) is 5.73 Å². The van der Waals surface area contributed by atoms with E-state index in [0.717, 1.165) is 0 Å². The Morgan fingerprint density at radius 3 is 1.80 bits per heavy atom. The van der Waals surface area contributed by atoms with Gasteiger partial charge in [0.2, 0.25) is 0 Å². The maximum Gasteiger partial charge on any atom is 1.00 e. The molecule has 11 nitrogen and oxygen atoms in total. The van der Waals surface area contributed by atoms with Crippen LogP contribution in [-0.4, -0.2) is 37.6 Å². The molecule has 0 fully saturated rings. The third-order valence-electron chi connectivity index (χ3n) is 1.39. The standard InChI is InChI=1S/C5H11NO10P2.2K.2H/c6-3(5(8)16-18(12,13)14)1-2-4(7)15-17(9,10)11;;;;/h3H,1-2,6H2,(H2,9,10,11)(H2,12,13,14);;;;/q;2*+1;2*-1/t3-;;;;/m0..../s1. The Morgan fingerprint density at radius 1 is 1.05 bits per heavy atom. The van der Waals surface area contributed by atoms with E-state index in [2.05, 4.69) is 9.05 Å². The summed E-state index contributed by atoms with van der Waals surface area (Å²) in [6.07, 6.45) is -1.10. The second-order valence-electron chi connectivity index (χ2n) is 3.00. The summed E-state index contributed by atoms with van der Waals surface area (Å²) >= 11 is 0. The Labute approximate surface area is 201 Å². The van der Waals surface area contributed by atoms with E-state index < -0.39 is 46.5 Å². The summed E-state index contributed by atoms with van der Waals surface area (Å²) < 4.78 is 27.8. The third-order valence-corrected chi connectivity index (χ3v) is 2.25. The van der Waals surface area contributed by atoms with Crippen molar-refractivity contribution in [3.05, 3.63) is 0 Å². The second-order valence-corrected chi connectivity index (χ2v) is 5.33. The van der Waals surface area contributed by atoms with Crippen LogP contribution in [0.25, 0.3) is 0 Å². The van der Waals surface area contributed by atoms with Crippen molar-refractivity contribution in [3.63, 3.8) is 0 Å². The molecular formula is C5H13K2NO10P2. The van der Waals surface area contributed by atoms with E-state index in [9.17, 15) is 18.7 Å². The number of hydrogen-bond donors (Lipinski definition) is 5. The monoisotopic (exact) mass is 387 g/mol. The molecule has 0 radical (unpaired) electrons. The van der Waals surface area contributed by atoms with Crippen LogP contribution in [0.1, 0.15) is 15.7 Å². The molecular weight excluding hydrogens is 374 g/mol. The van der Waals surface area contributed by atoms with Crippen LogP contribution in [0.15, 0.2) is 0 Å². The van der Waals surface area contributed by atoms with Crippen LogP contribution in [0, 0.1) is 0 Å². The number of rotatable bonds is 6. The summed E-state index contributed by atoms with van der Waals surface area (Å²) in [5.41, 5.74) is 5.12. The van der Waals surface area contributed by atoms with Gasteiger partial charge in [0, 0.05) is 6.42 Å². The number of phosphoric acid groups is 2. The molecule has 0 aliphatic heterocycles. The van der Waals surface area contributed by atoms with Crippen LogP contribution in [0.2, 0.25) is 0 Å². The van der Waals surface area contributed by atoms with Gasteiger partial charge in [0.15, 0.2) is 0 Å². The molecule has 6 N–H and O–H groups in total. The van der Waals surface area contributed by atoms with Crippen molar-refractivity contribution in [1.82, 2.24) is 0 Å². The molecule has 0 aromatic rings. The number of nitrogens with two attached hydrogens (primary N) is 1. The van der Waals surface area contributed by atoms with E-state index in [0.29, 0.717) is 0 Å². The van der Waals surface area contributed by atoms with Crippen molar-refractivity contribution in [3.8, 4) is 0 Å². The number of phosphoric ester groups is 2. The second kappa shape index (κ2) is 11.9. The first-order valence-electron chi connectivity index (χ1n) is 4.23. The zero-order chi connectivity index (χ0) is 14.6. The Balaban J connectivity index is -0.000000241. The van der Waals surface area contributed by atoms with Crippen molar-refractivity contribution >= 4 is 27.6 Å². The summed E-state index contributed by atoms with van der Waals surface area (Å²) in [5, 5.41) is 0. The topological polar surface area (TPSA) is 194 Å². The molecule has 20 heavy (non-hydrogen) atoms. The predicted octanol–water partition coefficient (Wildman–Crippen LogP) is -7.40. The van der Waals surface area contributed by atoms with Crippen LogP contribution < -0.4 is 109 Å². The van der Waals surface area contributed by atoms with Gasteiger partial charge in [0.1, 0.15) is 6.04 Å². The van der Waals surface area contributed by atoms with Crippen LogP contribution >= 0.6 is 15.6 Å². The average molecular weight is 387 g/mol. The van der Waals surface area contributed by atoms with Gasteiger partial charge in [0.05, 0.1) is 0 Å². The van der Waals surface area contributed by atoms with E-state index in [-0.39, 0.29) is 106 Å². The van der Waals surface area contributed by atoms with E-state index in [1.54, 1.807) is 0 Å². The van der Waals surface area contributed by atoms with Crippen LogP contribution in [0.5, 0.6) is 0 Å². The van der Waals surface area contributed by atoms with Crippen molar-refractivity contribution in [1.29, 1.82) is 0 Å². The van der Waals surface area contributed by atoms with Crippen LogP contribution in [0.4, 0.5) is 0 Å². The first kappa shape index (κ1) is 27.3. The number of hydrogen-bond acceptors (Lipinski definition) is 7. The predicted molar refractivity (Wildman–Crippen MR) is 55.7 cm³/mol. The fourth-order valence-electron chi connectivity index (χ4n) is 0.754. The van der Waals surface area contributed by atoms with Crippen LogP contribution in [-0.2, 0) is 27.8 Å². The van der Waals surface area contributed by atoms with Gasteiger partial charge in [-0.3, -0.25) is 24.4 Å². The van der Waals surface area contributed by atoms with E-state index in [4.69, 9.17) is 25.3 Å². The zero-order valence-electron chi connectivity index (χ0n) is 12.7. The molecule has 15 heteroatoms. The molecule has 0 saturated carbocycles. The minimum atomic E-state index is -5.03. The SMILES string of the molecule is N[C@@H](CCC(=O)OP(=O)(O)O)C(=O)OP(=O)(O)O.[H-].[H-].[K+].[K+]. The molecule has 0 rings (SSSR count). The van der Waals surface area contributed by atoms with E-state index >= 15 is 0 Å². The smallest absolute Gasteiger partial charge is 1.00 e. The summed E-state index contributed by atoms with van der Waals surface area (Å²) in [6.45, 7) is 0.